The van der Waals surface area contributed by atoms with Crippen molar-refractivity contribution in [2.24, 2.45) is 5.92 Å². The van der Waals surface area contributed by atoms with Gasteiger partial charge in [-0.3, -0.25) is 33.5 Å². The SMILES string of the molecule is C=CC(=O)OC1(C)C2(C)CC3C(O2)C1(C)OS3(=O)=O.C=CC(=O)OC1(C)C2CC3C(O2)C1OS3(=O)=O.C=CC(=O)OC1C2CC3C(C)(O2)C1OS3(=O)=O.C=CC(=O)OC1C2CC3C(O2)C1(C)OS3(=O)=O.C=CC(=O)OC1C2CC3C(O2)C1OS3(=O)=O.C=CC(=O)OC1C2OC3C1OS(=O)(=O)C3C2C.C=CC(=O)OC1C2OS(=O)(=O)C3CC1(C)OC23.C=CC(=O)OC1C2OS(=O)(=O)C3CC1(CO)OC23CO. The molecular weight excluding hydrogens is 2040 g/mol. The Kier molecular flexibility index (Phi) is 25.5. The maximum Gasteiger partial charge on any atom is 0.330 e. The van der Waals surface area contributed by atoms with Crippen LogP contribution in [0.2, 0.25) is 0 Å². The van der Waals surface area contributed by atoms with Gasteiger partial charge in [0.2, 0.25) is 0 Å². The first-order chi connectivity index (χ1) is 64.9. The number of fused-ring (bicyclic) bond motifs is 8. The van der Waals surface area contributed by atoms with Gasteiger partial charge in [0.05, 0.1) is 31.5 Å². The Morgan fingerprint density at radius 1 is 0.357 bits per heavy atom. The van der Waals surface area contributed by atoms with Gasteiger partial charge in [0.1, 0.15) is 155 Å². The van der Waals surface area contributed by atoms with Crippen molar-refractivity contribution in [2.75, 3.05) is 13.2 Å². The average molecular weight is 2140 g/mol. The van der Waals surface area contributed by atoms with Crippen molar-refractivity contribution in [1.29, 1.82) is 0 Å². The van der Waals surface area contributed by atoms with Crippen LogP contribution in [0.1, 0.15) is 100 Å². The molecule has 0 spiro atoms. The smallest absolute Gasteiger partial charge is 0.330 e. The Morgan fingerprint density at radius 3 is 1.46 bits per heavy atom. The molecule has 24 saturated heterocycles. The largest absolute Gasteiger partial charge is 0.453 e. The van der Waals surface area contributed by atoms with E-state index in [1.807, 2.05) is 0 Å². The summed E-state index contributed by atoms with van der Waals surface area (Å²) in [5.41, 5.74) is -9.91. The van der Waals surface area contributed by atoms with Crippen LogP contribution in [0.3, 0.4) is 0 Å². The molecule has 24 heterocycles. The van der Waals surface area contributed by atoms with Crippen molar-refractivity contribution in [3.8, 4) is 0 Å². The van der Waals surface area contributed by atoms with E-state index in [1.165, 1.54) is 0 Å². The van der Waals surface area contributed by atoms with Crippen molar-refractivity contribution in [1.82, 2.24) is 0 Å². The molecule has 58 heteroatoms. The number of ether oxygens (including phenoxy) is 16. The second kappa shape index (κ2) is 34.3. The molecule has 140 heavy (non-hydrogen) atoms. The highest BCUT2D eigenvalue weighted by Gasteiger charge is 2.86. The van der Waals surface area contributed by atoms with Crippen LogP contribution in [0, 0.1) is 5.92 Å². The van der Waals surface area contributed by atoms with Crippen LogP contribution in [0.4, 0.5) is 0 Å². The zero-order chi connectivity index (χ0) is 103. The van der Waals surface area contributed by atoms with Crippen LogP contribution >= 0.6 is 0 Å². The van der Waals surface area contributed by atoms with Gasteiger partial charge >= 0.3 is 47.8 Å². The van der Waals surface area contributed by atoms with Crippen LogP contribution in [-0.2, 0) is 229 Å². The molecule has 0 amide bonds. The van der Waals surface area contributed by atoms with Gasteiger partial charge in [-0.2, -0.15) is 67.3 Å². The Labute approximate surface area is 802 Å². The lowest BCUT2D eigenvalue weighted by molar-refractivity contribution is -0.188. The maximum absolute atomic E-state index is 12.0. The third-order valence-electron chi connectivity index (χ3n) is 30.8. The highest BCUT2D eigenvalue weighted by molar-refractivity contribution is 7.89. The fourth-order valence-corrected chi connectivity index (χ4v) is 38.8. The van der Waals surface area contributed by atoms with Gasteiger partial charge in [0.25, 0.3) is 80.9 Å². The van der Waals surface area contributed by atoms with E-state index in [0.29, 0.717) is 32.1 Å². The second-order valence-corrected chi connectivity index (χ2v) is 52.6. The number of esters is 8. The molecular formula is C82H100O50S8. The number of aliphatic hydroxyl groups excluding tert-OH is 2. The minimum absolute atomic E-state index is 0.0992. The number of hydrogen-bond donors (Lipinski definition) is 2. The fourth-order valence-electron chi connectivity index (χ4n) is 24.1. The van der Waals surface area contributed by atoms with E-state index in [4.69, 9.17) is 109 Å². The van der Waals surface area contributed by atoms with Crippen LogP contribution in [0.5, 0.6) is 0 Å². The van der Waals surface area contributed by atoms with E-state index < -0.39 is 369 Å². The van der Waals surface area contributed by atoms with E-state index in [-0.39, 0.29) is 24.9 Å². The van der Waals surface area contributed by atoms with Gasteiger partial charge in [-0.25, -0.2) is 38.4 Å². The Morgan fingerprint density at radius 2 is 0.857 bits per heavy atom. The summed E-state index contributed by atoms with van der Waals surface area (Å²) in [4.78, 5) is 90.1. The molecule has 41 atom stereocenters. The van der Waals surface area contributed by atoms with Gasteiger partial charge in [-0.1, -0.05) is 59.6 Å². The van der Waals surface area contributed by atoms with E-state index in [9.17, 15) is 116 Å². The Bertz CT molecular complexity index is 6240. The highest BCUT2D eigenvalue weighted by atomic mass is 32.3. The van der Waals surface area contributed by atoms with Crippen LogP contribution in [0.15, 0.2) is 101 Å². The van der Waals surface area contributed by atoms with E-state index in [2.05, 4.69) is 52.6 Å². The molecule has 50 nitrogen and oxygen atoms in total. The predicted octanol–water partition coefficient (Wildman–Crippen LogP) is -3.48. The number of hydrogen-bond acceptors (Lipinski definition) is 50. The van der Waals surface area contributed by atoms with Crippen LogP contribution in [-0.4, -0.2) is 371 Å². The van der Waals surface area contributed by atoms with Gasteiger partial charge < -0.3 is 86.0 Å². The number of carbonyl (C=O) groups is 8. The summed E-state index contributed by atoms with van der Waals surface area (Å²) in [6.07, 6.45) is -4.47. The molecule has 41 unspecified atom stereocenters. The summed E-state index contributed by atoms with van der Waals surface area (Å²) in [6.45, 7) is 38.7. The summed E-state index contributed by atoms with van der Waals surface area (Å²) in [5, 5.41) is 13.6. The summed E-state index contributed by atoms with van der Waals surface area (Å²) >= 11 is 0. The normalized spacial score (nSPS) is 49.2. The minimum Gasteiger partial charge on any atom is -0.453 e. The van der Waals surface area contributed by atoms with Gasteiger partial charge in [0, 0.05) is 73.8 Å². The molecule has 0 aromatic carbocycles. The van der Waals surface area contributed by atoms with E-state index in [1.54, 1.807) is 55.4 Å². The average Bonchev–Trinajstić information content (AvgIpc) is 1.48. The van der Waals surface area contributed by atoms with Crippen molar-refractivity contribution in [3.63, 3.8) is 0 Å². The summed E-state index contributed by atoms with van der Waals surface area (Å²) < 4.78 is 314. The monoisotopic (exact) mass is 2140 g/mol. The lowest BCUT2D eigenvalue weighted by Gasteiger charge is -2.44. The predicted molar refractivity (Wildman–Crippen MR) is 456 cm³/mol. The first kappa shape index (κ1) is 104. The number of carbonyl (C=O) groups excluding carboxylic acids is 8. The van der Waals surface area contributed by atoms with Crippen molar-refractivity contribution >= 4 is 129 Å². The topological polar surface area (TPSA) is 672 Å². The van der Waals surface area contributed by atoms with E-state index in [0.717, 1.165) is 48.6 Å². The lowest BCUT2D eigenvalue weighted by Crippen LogP contribution is -2.64. The summed E-state index contributed by atoms with van der Waals surface area (Å²) in [7, 11) is -29.2. The highest BCUT2D eigenvalue weighted by Crippen LogP contribution is 2.66. The van der Waals surface area contributed by atoms with Gasteiger partial charge in [0.15, 0.2) is 59.0 Å². The zero-order valence-electron chi connectivity index (χ0n) is 75.4. The molecule has 16 bridgehead atoms. The number of rotatable bonds is 18. The third kappa shape index (κ3) is 15.6. The lowest BCUT2D eigenvalue weighted by atomic mass is 9.67. The molecule has 0 aliphatic carbocycles. The second-order valence-electron chi connectivity index (χ2n) is 38.5. The van der Waals surface area contributed by atoms with Crippen LogP contribution < -0.4 is 0 Å². The molecule has 24 aliphatic rings. The minimum atomic E-state index is -3.94. The summed E-state index contributed by atoms with van der Waals surface area (Å²) in [5.74, 6) is -5.22. The molecule has 24 rings (SSSR count). The third-order valence-corrected chi connectivity index (χ3v) is 44.8. The molecule has 2 N–H and O–H groups in total. The maximum atomic E-state index is 12.0. The molecule has 24 aliphatic heterocycles. The first-order valence-electron chi connectivity index (χ1n) is 43.6. The Hall–Kier alpha value is -7.44. The molecule has 0 radical (unpaired) electrons. The van der Waals surface area contributed by atoms with Crippen molar-refractivity contribution in [3.05, 3.63) is 101 Å². The fraction of sp³-hybridized carbons (Fsp3) is 0.707. The van der Waals surface area contributed by atoms with Gasteiger partial charge in [-0.15, -0.1) is 0 Å². The molecule has 24 fully saturated rings. The molecule has 0 saturated carbocycles. The standard InChI is InChI=1S/C12H16O6S.C11H14O8S.5C10H12O6S.C9H10O6S/c1-5-8(13)16-12(4)10(2)6-7-9(17-10)11(12,3)18-19(7,14)15;1-2-7(14)17-8-9-11(5-13)6(20(15,16)18-9)3-10(8,4-12)19-11;1-3-7(11)14-8-5-4-6-10(2,15-5)9(8)16-17(6,12)13;1-3-7(11)15-10(2)6-4-5-8(14-6)9(10)16-17(5,12)13;1-3-7(11)15-8-5-4-6-9(14-5)10(8,2)16-17(6,12)13;1-3-6(11)14-9-8-7-5(17(12,13)16-8)4-10(9,2)15-7;1-3-5(11)14-7-6-4(2)10-9(15-6)8(7)16-17(10,12)13;1-2-6(10)14-7-4-3-5-8(13-4)9(7)15-16(5,11)12/h5,7,9H,1,6H2,2-4H3;2,6,8-9,12-13H,1,3-5H2;3*3,5-6,8-9H,1,4H2,2H3;3,5,7-9H,1,4H2,2H3;3-4,6-10H,1H2,2H3;2,4-5,7-9H,1,3H2. The van der Waals surface area contributed by atoms with Crippen LogP contribution in [0.25, 0.3) is 0 Å². The number of aliphatic hydroxyl groups is 2. The van der Waals surface area contributed by atoms with Crippen molar-refractivity contribution < 1.29 is 225 Å². The molecule has 0 aromatic rings. The zero-order valence-corrected chi connectivity index (χ0v) is 81.9. The van der Waals surface area contributed by atoms with Crippen molar-refractivity contribution in [2.45, 2.75) is 333 Å². The quantitative estimate of drug-likeness (QED) is 0.0582. The Balaban J connectivity index is 0.000000110. The molecule has 776 valence electrons. The molecule has 0 aromatic heterocycles. The first-order valence-corrected chi connectivity index (χ1v) is 55.4. The van der Waals surface area contributed by atoms with Gasteiger partial charge in [-0.05, 0) is 74.1 Å². The van der Waals surface area contributed by atoms with E-state index >= 15 is 0 Å². The summed E-state index contributed by atoms with van der Waals surface area (Å²) in [6, 6.07) is 0.